The summed E-state index contributed by atoms with van der Waals surface area (Å²) in [7, 11) is 0. The number of fused-ring (bicyclic) bond motifs is 3. The quantitative estimate of drug-likeness (QED) is 0.554. The number of nitrogens with zero attached hydrogens (tertiary/aromatic N) is 2. The van der Waals surface area contributed by atoms with Crippen molar-refractivity contribution in [3.63, 3.8) is 0 Å². The molecule has 25 heavy (non-hydrogen) atoms. The molecule has 1 aromatic heterocycles. The molecule has 0 saturated heterocycles. The van der Waals surface area contributed by atoms with Gasteiger partial charge in [0.2, 0.25) is 0 Å². The maximum atomic E-state index is 6.19. The Hall–Kier alpha value is -1.52. The summed E-state index contributed by atoms with van der Waals surface area (Å²) in [5, 5.41) is 5.51. The van der Waals surface area contributed by atoms with E-state index in [1.807, 2.05) is 38.1 Å². The topological polar surface area (TPSA) is 44.2 Å². The molecule has 1 aliphatic heterocycles. The van der Waals surface area contributed by atoms with E-state index in [1.54, 1.807) is 12.1 Å². The minimum absolute atomic E-state index is 0.0109. The normalized spacial score (nSPS) is 14.4. The summed E-state index contributed by atoms with van der Waals surface area (Å²) in [6.45, 7) is 4.45. The first-order valence-corrected chi connectivity index (χ1v) is 10.0. The van der Waals surface area contributed by atoms with Crippen molar-refractivity contribution in [2.75, 3.05) is 0 Å². The van der Waals surface area contributed by atoms with Crippen LogP contribution in [0.5, 0.6) is 11.5 Å². The Balaban J connectivity index is 1.60. The molecule has 0 N–H and O–H groups in total. The van der Waals surface area contributed by atoms with Crippen molar-refractivity contribution in [1.82, 2.24) is 9.19 Å². The fraction of sp³-hybridized carbons (Fsp3) is 0.222. The first-order chi connectivity index (χ1) is 11.9. The first kappa shape index (κ1) is 16.9. The van der Waals surface area contributed by atoms with E-state index >= 15 is 0 Å². The summed E-state index contributed by atoms with van der Waals surface area (Å²) >= 11 is 12.1. The second kappa shape index (κ2) is 6.33. The van der Waals surface area contributed by atoms with E-state index in [0.717, 1.165) is 22.6 Å². The molecule has 3 aromatic rings. The zero-order valence-corrected chi connectivity index (χ0v) is 16.8. The summed E-state index contributed by atoms with van der Waals surface area (Å²) < 4.78 is 17.5. The molecule has 0 amide bonds. The van der Waals surface area contributed by atoms with Gasteiger partial charge in [-0.3, -0.25) is 0 Å². The molecule has 0 fully saturated rings. The van der Waals surface area contributed by atoms with Gasteiger partial charge in [-0.2, -0.15) is 0 Å². The second-order valence-corrected chi connectivity index (χ2v) is 8.67. The van der Waals surface area contributed by atoms with E-state index in [4.69, 9.17) is 32.7 Å². The molecule has 1 aliphatic rings. The predicted octanol–water partition coefficient (Wildman–Crippen LogP) is 4.71. The van der Waals surface area contributed by atoms with Crippen LogP contribution in [0.25, 0.3) is 11.3 Å². The average molecular weight is 440 g/mol. The van der Waals surface area contributed by atoms with Crippen LogP contribution in [0.2, 0.25) is 10.0 Å². The standard InChI is InChI=1S/C18H14Cl2N2O2Se/c1-18(2)17-16(21-22-25-17)13-6-5-12(8-15(13)24-18)23-9-10-3-4-11(19)7-14(10)20/h3-8H,9H2,1-2H3. The minimum atomic E-state index is -0.399. The fourth-order valence-electron chi connectivity index (χ4n) is 2.76. The molecule has 0 radical (unpaired) electrons. The van der Waals surface area contributed by atoms with Crippen molar-refractivity contribution in [3.8, 4) is 22.8 Å². The van der Waals surface area contributed by atoms with E-state index < -0.39 is 5.60 Å². The summed E-state index contributed by atoms with van der Waals surface area (Å²) in [5.41, 5.74) is 2.39. The van der Waals surface area contributed by atoms with Crippen LogP contribution in [0.15, 0.2) is 36.4 Å². The Morgan fingerprint density at radius 3 is 2.80 bits per heavy atom. The van der Waals surface area contributed by atoms with Gasteiger partial charge in [0, 0.05) is 0 Å². The van der Waals surface area contributed by atoms with Crippen molar-refractivity contribution in [1.29, 1.82) is 0 Å². The van der Waals surface area contributed by atoms with Gasteiger partial charge in [-0.1, -0.05) is 11.6 Å². The Morgan fingerprint density at radius 1 is 1.16 bits per heavy atom. The van der Waals surface area contributed by atoms with Crippen LogP contribution in [0, 0.1) is 0 Å². The van der Waals surface area contributed by atoms with Crippen LogP contribution in [0.3, 0.4) is 0 Å². The number of hydrogen-bond donors (Lipinski definition) is 0. The molecule has 4 rings (SSSR count). The number of aromatic nitrogens is 2. The molecule has 0 spiro atoms. The van der Waals surface area contributed by atoms with Crippen LogP contribution in [0.4, 0.5) is 0 Å². The van der Waals surface area contributed by atoms with Crippen molar-refractivity contribution < 1.29 is 9.47 Å². The molecular formula is C18H14Cl2N2O2Se. The van der Waals surface area contributed by atoms with Crippen LogP contribution in [-0.2, 0) is 12.2 Å². The monoisotopic (exact) mass is 440 g/mol. The van der Waals surface area contributed by atoms with E-state index in [1.165, 1.54) is 4.44 Å². The van der Waals surface area contributed by atoms with E-state index in [9.17, 15) is 0 Å². The summed E-state index contributed by atoms with van der Waals surface area (Å²) in [5.74, 6) is 1.48. The van der Waals surface area contributed by atoms with E-state index in [2.05, 4.69) is 9.19 Å². The predicted molar refractivity (Wildman–Crippen MR) is 98.9 cm³/mol. The van der Waals surface area contributed by atoms with Crippen LogP contribution < -0.4 is 9.47 Å². The Kier molecular flexibility index (Phi) is 4.28. The molecule has 0 unspecified atom stereocenters. The third-order valence-corrected chi connectivity index (χ3v) is 6.77. The fourth-order valence-corrected chi connectivity index (χ4v) is 4.69. The second-order valence-electron chi connectivity index (χ2n) is 6.25. The van der Waals surface area contributed by atoms with Crippen molar-refractivity contribution in [2.45, 2.75) is 26.1 Å². The Bertz CT molecular complexity index is 956. The Morgan fingerprint density at radius 2 is 2.00 bits per heavy atom. The van der Waals surface area contributed by atoms with Gasteiger partial charge < -0.3 is 0 Å². The number of hydrogen-bond acceptors (Lipinski definition) is 4. The van der Waals surface area contributed by atoms with Crippen molar-refractivity contribution >= 4 is 37.9 Å². The molecular weight excluding hydrogens is 426 g/mol. The molecule has 0 aliphatic carbocycles. The van der Waals surface area contributed by atoms with Crippen LogP contribution in [-0.4, -0.2) is 23.9 Å². The van der Waals surface area contributed by atoms with Gasteiger partial charge in [-0.25, -0.2) is 0 Å². The van der Waals surface area contributed by atoms with Crippen LogP contribution >= 0.6 is 23.2 Å². The number of halogens is 2. The molecule has 0 bridgehead atoms. The molecule has 7 heteroatoms. The van der Waals surface area contributed by atoms with E-state index in [0.29, 0.717) is 22.4 Å². The SMILES string of the molecule is CC1(C)Oc2cc(OCc3ccc(Cl)cc3Cl)ccc2-c2nn[se]c21. The van der Waals surface area contributed by atoms with Crippen molar-refractivity contribution in [3.05, 3.63) is 56.4 Å². The maximum absolute atomic E-state index is 6.19. The molecule has 128 valence electrons. The first-order valence-electron chi connectivity index (χ1n) is 7.67. The van der Waals surface area contributed by atoms with Gasteiger partial charge >= 0.3 is 150 Å². The zero-order chi connectivity index (χ0) is 17.6. The van der Waals surface area contributed by atoms with Gasteiger partial charge in [0.1, 0.15) is 0 Å². The van der Waals surface area contributed by atoms with Gasteiger partial charge in [-0.15, -0.1) is 0 Å². The molecule has 0 saturated carbocycles. The number of benzene rings is 2. The Labute approximate surface area is 161 Å². The van der Waals surface area contributed by atoms with Gasteiger partial charge in [0.05, 0.1) is 0 Å². The summed E-state index contributed by atoms with van der Waals surface area (Å²) in [6, 6.07) is 11.1. The summed E-state index contributed by atoms with van der Waals surface area (Å²) in [6.07, 6.45) is 0. The van der Waals surface area contributed by atoms with Gasteiger partial charge in [0.25, 0.3) is 0 Å². The molecule has 0 atom stereocenters. The number of rotatable bonds is 3. The molecule has 2 heterocycles. The third-order valence-electron chi connectivity index (χ3n) is 4.02. The van der Waals surface area contributed by atoms with Crippen molar-refractivity contribution in [2.24, 2.45) is 0 Å². The van der Waals surface area contributed by atoms with Gasteiger partial charge in [-0.05, 0) is 0 Å². The summed E-state index contributed by atoms with van der Waals surface area (Å²) in [4.78, 5) is 0. The molecule has 4 nitrogen and oxygen atoms in total. The molecule has 2 aromatic carbocycles. The third kappa shape index (κ3) is 3.18. The average Bonchev–Trinajstić information content (AvgIpc) is 3.04. The van der Waals surface area contributed by atoms with Crippen LogP contribution in [0.1, 0.15) is 23.8 Å². The van der Waals surface area contributed by atoms with Gasteiger partial charge in [0.15, 0.2) is 0 Å². The zero-order valence-electron chi connectivity index (χ0n) is 13.5. The number of ether oxygens (including phenoxy) is 2. The van der Waals surface area contributed by atoms with E-state index in [-0.39, 0.29) is 14.7 Å².